The lowest BCUT2D eigenvalue weighted by Crippen LogP contribution is -2.12. The average molecular weight is 288 g/mol. The molecule has 0 fully saturated rings. The Hall–Kier alpha value is -2.18. The summed E-state index contributed by atoms with van der Waals surface area (Å²) in [6, 6.07) is 12.0. The minimum atomic E-state index is 0.315. The Morgan fingerprint density at radius 2 is 2.00 bits per heavy atom. The number of hydrogen-bond donors (Lipinski definition) is 2. The van der Waals surface area contributed by atoms with Crippen molar-refractivity contribution in [3.05, 3.63) is 47.8 Å². The van der Waals surface area contributed by atoms with Crippen LogP contribution in [-0.2, 0) is 17.8 Å². The first-order chi connectivity index (χ1) is 10.3. The predicted molar refractivity (Wildman–Crippen MR) is 80.8 cm³/mol. The maximum atomic E-state index is 5.65. The number of benzene rings is 1. The molecule has 0 aliphatic rings. The topological polar surface area (TPSA) is 82.3 Å². The molecule has 0 spiro atoms. The highest BCUT2D eigenvalue weighted by atomic mass is 16.5. The van der Waals surface area contributed by atoms with E-state index in [0.717, 1.165) is 12.8 Å². The van der Waals surface area contributed by atoms with Gasteiger partial charge in [0.2, 0.25) is 5.88 Å². The van der Waals surface area contributed by atoms with E-state index in [0.29, 0.717) is 30.7 Å². The quantitative estimate of drug-likeness (QED) is 0.439. The van der Waals surface area contributed by atoms with E-state index in [9.17, 15) is 0 Å². The van der Waals surface area contributed by atoms with Crippen LogP contribution in [0.4, 0.5) is 5.82 Å². The second-order valence-corrected chi connectivity index (χ2v) is 4.52. The summed E-state index contributed by atoms with van der Waals surface area (Å²) < 4.78 is 10.7. The second-order valence-electron chi connectivity index (χ2n) is 4.52. The average Bonchev–Trinajstić information content (AvgIpc) is 2.53. The van der Waals surface area contributed by atoms with Crippen LogP contribution in [0.2, 0.25) is 0 Å². The molecule has 0 unspecified atom stereocenters. The van der Waals surface area contributed by atoms with Gasteiger partial charge in [0.25, 0.3) is 0 Å². The van der Waals surface area contributed by atoms with Crippen molar-refractivity contribution in [1.82, 2.24) is 9.97 Å². The highest BCUT2D eigenvalue weighted by Gasteiger charge is 2.05. The van der Waals surface area contributed by atoms with E-state index in [4.69, 9.17) is 15.3 Å². The summed E-state index contributed by atoms with van der Waals surface area (Å²) in [6.45, 7) is 0.901. The van der Waals surface area contributed by atoms with Crippen LogP contribution in [0.3, 0.4) is 0 Å². The molecule has 21 heavy (non-hydrogen) atoms. The van der Waals surface area contributed by atoms with E-state index in [1.807, 2.05) is 18.2 Å². The minimum absolute atomic E-state index is 0.315. The lowest BCUT2D eigenvalue weighted by Gasteiger charge is -2.09. The molecule has 0 aliphatic carbocycles. The lowest BCUT2D eigenvalue weighted by atomic mass is 10.1. The van der Waals surface area contributed by atoms with Gasteiger partial charge in [0.15, 0.2) is 5.82 Å². The van der Waals surface area contributed by atoms with Crippen LogP contribution in [0.5, 0.6) is 5.88 Å². The van der Waals surface area contributed by atoms with E-state index in [1.54, 1.807) is 13.2 Å². The van der Waals surface area contributed by atoms with Crippen LogP contribution in [0, 0.1) is 0 Å². The number of hydrogen-bond acceptors (Lipinski definition) is 6. The van der Waals surface area contributed by atoms with E-state index in [1.165, 1.54) is 5.56 Å². The molecule has 0 aliphatic heterocycles. The number of hydrazine groups is 1. The van der Waals surface area contributed by atoms with Crippen molar-refractivity contribution in [3.63, 3.8) is 0 Å². The number of nitrogen functional groups attached to an aromatic ring is 1. The molecule has 0 bridgehead atoms. The molecular formula is C15H20N4O2. The van der Waals surface area contributed by atoms with Gasteiger partial charge in [0.05, 0.1) is 6.61 Å². The molecule has 2 rings (SSSR count). The molecule has 3 N–H and O–H groups in total. The summed E-state index contributed by atoms with van der Waals surface area (Å²) in [5.74, 6) is 6.92. The van der Waals surface area contributed by atoms with Crippen molar-refractivity contribution in [2.75, 3.05) is 19.1 Å². The van der Waals surface area contributed by atoms with E-state index < -0.39 is 0 Å². The zero-order chi connectivity index (χ0) is 14.9. The number of anilines is 1. The number of nitrogens with zero attached hydrogens (tertiary/aromatic N) is 2. The number of aromatic nitrogens is 2. The zero-order valence-electron chi connectivity index (χ0n) is 12.1. The number of nitrogens with one attached hydrogen (secondary N) is 1. The van der Waals surface area contributed by atoms with Crippen molar-refractivity contribution in [2.45, 2.75) is 19.4 Å². The molecule has 6 heteroatoms. The van der Waals surface area contributed by atoms with Gasteiger partial charge in [-0.2, -0.15) is 4.98 Å². The van der Waals surface area contributed by atoms with Gasteiger partial charge >= 0.3 is 0 Å². The van der Waals surface area contributed by atoms with Crippen LogP contribution in [-0.4, -0.2) is 23.7 Å². The third kappa shape index (κ3) is 5.02. The molecule has 2 aromatic rings. The van der Waals surface area contributed by atoms with Crippen molar-refractivity contribution < 1.29 is 9.47 Å². The maximum Gasteiger partial charge on any atom is 0.218 e. The molecule has 1 aromatic heterocycles. The van der Waals surface area contributed by atoms with Gasteiger partial charge in [-0.1, -0.05) is 30.3 Å². The van der Waals surface area contributed by atoms with Gasteiger partial charge in [-0.15, -0.1) is 0 Å². The summed E-state index contributed by atoms with van der Waals surface area (Å²) in [4.78, 5) is 8.43. The Kier molecular flexibility index (Phi) is 5.93. The van der Waals surface area contributed by atoms with Crippen molar-refractivity contribution >= 4 is 5.82 Å². The lowest BCUT2D eigenvalue weighted by molar-refractivity contribution is 0.176. The molecule has 0 saturated carbocycles. The first-order valence-electron chi connectivity index (χ1n) is 6.82. The first-order valence-corrected chi connectivity index (χ1v) is 6.82. The van der Waals surface area contributed by atoms with Gasteiger partial charge in [-0.25, -0.2) is 10.8 Å². The maximum absolute atomic E-state index is 5.65. The summed E-state index contributed by atoms with van der Waals surface area (Å²) in [6.07, 6.45) is 1.89. The Bertz CT molecular complexity index is 549. The normalized spacial score (nSPS) is 10.4. The fourth-order valence-electron chi connectivity index (χ4n) is 1.91. The highest BCUT2D eigenvalue weighted by molar-refractivity contribution is 5.36. The molecule has 0 saturated heterocycles. The third-order valence-electron chi connectivity index (χ3n) is 2.87. The van der Waals surface area contributed by atoms with E-state index >= 15 is 0 Å². The first kappa shape index (κ1) is 15.2. The molecule has 6 nitrogen and oxygen atoms in total. The molecular weight excluding hydrogens is 268 g/mol. The summed E-state index contributed by atoms with van der Waals surface area (Å²) in [5, 5.41) is 0. The van der Waals surface area contributed by atoms with Gasteiger partial charge in [-0.05, 0) is 18.4 Å². The van der Waals surface area contributed by atoms with Crippen LogP contribution in [0.1, 0.15) is 17.8 Å². The predicted octanol–water partition coefficient (Wildman–Crippen LogP) is 1.92. The summed E-state index contributed by atoms with van der Waals surface area (Å²) in [5.41, 5.74) is 3.79. The second kappa shape index (κ2) is 8.18. The van der Waals surface area contributed by atoms with Gasteiger partial charge in [0.1, 0.15) is 12.4 Å². The monoisotopic (exact) mass is 288 g/mol. The number of nitrogens with two attached hydrogens (primary N) is 1. The summed E-state index contributed by atoms with van der Waals surface area (Å²) >= 11 is 0. The smallest absolute Gasteiger partial charge is 0.218 e. The molecule has 0 radical (unpaired) electrons. The van der Waals surface area contributed by atoms with Crippen LogP contribution >= 0.6 is 0 Å². The Balaban J connectivity index is 1.86. The van der Waals surface area contributed by atoms with Gasteiger partial charge in [-0.3, -0.25) is 0 Å². The molecule has 0 atom stereocenters. The molecule has 1 heterocycles. The minimum Gasteiger partial charge on any atom is -0.478 e. The Morgan fingerprint density at radius 1 is 1.19 bits per heavy atom. The van der Waals surface area contributed by atoms with Crippen LogP contribution < -0.4 is 16.0 Å². The summed E-state index contributed by atoms with van der Waals surface area (Å²) in [7, 11) is 1.59. The largest absolute Gasteiger partial charge is 0.478 e. The molecule has 0 amide bonds. The zero-order valence-corrected chi connectivity index (χ0v) is 12.1. The number of rotatable bonds is 8. The number of ether oxygens (including phenoxy) is 2. The third-order valence-corrected chi connectivity index (χ3v) is 2.87. The SMILES string of the molecule is COCc1nc(NN)cc(OCCCc2ccccc2)n1. The number of aryl methyl sites for hydroxylation is 1. The van der Waals surface area contributed by atoms with Crippen LogP contribution in [0.15, 0.2) is 36.4 Å². The van der Waals surface area contributed by atoms with Crippen molar-refractivity contribution in [3.8, 4) is 5.88 Å². The van der Waals surface area contributed by atoms with Crippen LogP contribution in [0.25, 0.3) is 0 Å². The Labute approximate surface area is 124 Å². The number of methoxy groups -OCH3 is 1. The van der Waals surface area contributed by atoms with E-state index in [2.05, 4.69) is 27.5 Å². The van der Waals surface area contributed by atoms with Crippen molar-refractivity contribution in [2.24, 2.45) is 5.84 Å². The Morgan fingerprint density at radius 3 is 2.71 bits per heavy atom. The van der Waals surface area contributed by atoms with Gasteiger partial charge in [0, 0.05) is 13.2 Å². The molecule has 1 aromatic carbocycles. The van der Waals surface area contributed by atoms with E-state index in [-0.39, 0.29) is 0 Å². The highest BCUT2D eigenvalue weighted by Crippen LogP contribution is 2.14. The fourth-order valence-corrected chi connectivity index (χ4v) is 1.91. The fraction of sp³-hybridized carbons (Fsp3) is 0.333. The molecule has 112 valence electrons. The van der Waals surface area contributed by atoms with Crippen molar-refractivity contribution in [1.29, 1.82) is 0 Å². The van der Waals surface area contributed by atoms with Gasteiger partial charge < -0.3 is 14.9 Å². The standard InChI is InChI=1S/C15H20N4O2/c1-20-11-14-17-13(19-16)10-15(18-14)21-9-5-8-12-6-3-2-4-7-12/h2-4,6-7,10H,5,8-9,11,16H2,1H3,(H,17,18,19).